The minimum absolute atomic E-state index is 0.244. The lowest BCUT2D eigenvalue weighted by Gasteiger charge is -2.05. The lowest BCUT2D eigenvalue weighted by Crippen LogP contribution is -2.14. The van der Waals surface area contributed by atoms with Crippen molar-refractivity contribution in [2.24, 2.45) is 5.10 Å². The number of halogens is 1. The van der Waals surface area contributed by atoms with Gasteiger partial charge in [-0.2, -0.15) is 10.4 Å². The molecule has 0 atom stereocenters. The van der Waals surface area contributed by atoms with E-state index in [4.69, 9.17) is 16.9 Å². The van der Waals surface area contributed by atoms with Gasteiger partial charge in [-0.3, -0.25) is 10.2 Å². The Balaban J connectivity index is 2.26. The first-order valence-electron chi connectivity index (χ1n) is 6.22. The maximum absolute atomic E-state index is 12.2. The average Bonchev–Trinajstić information content (AvgIpc) is 2.50. The highest BCUT2D eigenvalue weighted by molar-refractivity contribution is 6.53. The zero-order chi connectivity index (χ0) is 15.2. The molecule has 0 fully saturated rings. The summed E-state index contributed by atoms with van der Waals surface area (Å²) in [6, 6.07) is 15.8. The molecule has 0 amide bonds. The van der Waals surface area contributed by atoms with Gasteiger partial charge in [0.15, 0.2) is 0 Å². The number of carbonyl (C=O) groups is 1. The van der Waals surface area contributed by atoms with Crippen LogP contribution in [0.3, 0.4) is 0 Å². The molecule has 0 aliphatic rings. The molecule has 0 saturated heterocycles. The van der Waals surface area contributed by atoms with Crippen molar-refractivity contribution in [3.63, 3.8) is 0 Å². The van der Waals surface area contributed by atoms with Crippen LogP contribution in [-0.2, 0) is 0 Å². The molecule has 21 heavy (non-hydrogen) atoms. The number of nitrogens with one attached hydrogen (secondary N) is 1. The second-order valence-electron chi connectivity index (χ2n) is 4.31. The van der Waals surface area contributed by atoms with Crippen LogP contribution in [-0.4, -0.2) is 11.5 Å². The number of anilines is 1. The van der Waals surface area contributed by atoms with Gasteiger partial charge in [0, 0.05) is 5.56 Å². The van der Waals surface area contributed by atoms with Gasteiger partial charge < -0.3 is 0 Å². The number of hydrogen-bond acceptors (Lipinski definition) is 4. The molecule has 0 radical (unpaired) electrons. The van der Waals surface area contributed by atoms with E-state index in [0.29, 0.717) is 5.02 Å². The van der Waals surface area contributed by atoms with Crippen LogP contribution < -0.4 is 5.43 Å². The number of para-hydroxylation sites is 1. The first-order chi connectivity index (χ1) is 10.1. The van der Waals surface area contributed by atoms with Crippen molar-refractivity contribution in [3.05, 3.63) is 64.7 Å². The number of Topliss-reactive ketones (excluding diaryl/α,β-unsaturated/α-hetero) is 1. The minimum atomic E-state index is -0.510. The summed E-state index contributed by atoms with van der Waals surface area (Å²) in [5, 5.41) is 13.3. The van der Waals surface area contributed by atoms with E-state index in [9.17, 15) is 4.79 Å². The van der Waals surface area contributed by atoms with E-state index in [1.165, 1.54) is 0 Å². The van der Waals surface area contributed by atoms with Crippen LogP contribution in [0.25, 0.3) is 0 Å². The third kappa shape index (κ3) is 3.47. The first-order valence-corrected chi connectivity index (χ1v) is 6.60. The summed E-state index contributed by atoms with van der Waals surface area (Å²) >= 11 is 5.96. The molecule has 104 valence electrons. The van der Waals surface area contributed by atoms with Gasteiger partial charge in [-0.1, -0.05) is 41.9 Å². The Hall–Kier alpha value is -2.64. The SMILES string of the molecule is Cc1ccccc1N/N=C(\C#N)C(=O)c1ccccc1Cl. The molecule has 0 heterocycles. The summed E-state index contributed by atoms with van der Waals surface area (Å²) in [4.78, 5) is 12.2. The van der Waals surface area contributed by atoms with E-state index in [2.05, 4.69) is 10.5 Å². The van der Waals surface area contributed by atoms with Gasteiger partial charge >= 0.3 is 0 Å². The Morgan fingerprint density at radius 3 is 2.52 bits per heavy atom. The molecule has 0 aliphatic heterocycles. The average molecular weight is 298 g/mol. The Morgan fingerprint density at radius 1 is 1.19 bits per heavy atom. The van der Waals surface area contributed by atoms with Crippen molar-refractivity contribution in [2.45, 2.75) is 6.92 Å². The standard InChI is InChI=1S/C16H12ClN3O/c1-11-6-2-5-9-14(11)19-20-15(10-18)16(21)12-7-3-4-8-13(12)17/h2-9,19H,1H3/b20-15+. The summed E-state index contributed by atoms with van der Waals surface area (Å²) in [6.07, 6.45) is 0. The Labute approximate surface area is 127 Å². The predicted octanol–water partition coefficient (Wildman–Crippen LogP) is 3.82. The van der Waals surface area contributed by atoms with E-state index in [1.807, 2.05) is 31.2 Å². The largest absolute Gasteiger partial charge is 0.286 e. The summed E-state index contributed by atoms with van der Waals surface area (Å²) in [7, 11) is 0. The smallest absolute Gasteiger partial charge is 0.225 e. The number of aryl methyl sites for hydroxylation is 1. The van der Waals surface area contributed by atoms with E-state index >= 15 is 0 Å². The molecular weight excluding hydrogens is 286 g/mol. The molecule has 0 unspecified atom stereocenters. The van der Waals surface area contributed by atoms with Crippen molar-refractivity contribution in [3.8, 4) is 6.07 Å². The lowest BCUT2D eigenvalue weighted by molar-refractivity contribution is 0.106. The molecule has 2 rings (SSSR count). The predicted molar refractivity (Wildman–Crippen MR) is 83.6 cm³/mol. The van der Waals surface area contributed by atoms with Crippen molar-refractivity contribution in [2.75, 3.05) is 5.43 Å². The molecular formula is C16H12ClN3O. The number of carbonyl (C=O) groups excluding carboxylic acids is 1. The molecule has 0 aliphatic carbocycles. The molecule has 1 N–H and O–H groups in total. The quantitative estimate of drug-likeness (QED) is 0.530. The van der Waals surface area contributed by atoms with Crippen molar-refractivity contribution in [1.82, 2.24) is 0 Å². The zero-order valence-corrected chi connectivity index (χ0v) is 12.1. The van der Waals surface area contributed by atoms with Gasteiger partial charge in [-0.05, 0) is 30.7 Å². The summed E-state index contributed by atoms with van der Waals surface area (Å²) in [5.74, 6) is -0.510. The fourth-order valence-corrected chi connectivity index (χ4v) is 1.94. The fraction of sp³-hybridized carbons (Fsp3) is 0.0625. The molecule has 5 heteroatoms. The number of benzene rings is 2. The molecule has 0 aromatic heterocycles. The van der Waals surface area contributed by atoms with E-state index in [-0.39, 0.29) is 11.3 Å². The number of nitrogens with zero attached hydrogens (tertiary/aromatic N) is 2. The van der Waals surface area contributed by atoms with E-state index < -0.39 is 5.78 Å². The van der Waals surface area contributed by atoms with Crippen LogP contribution in [0.1, 0.15) is 15.9 Å². The van der Waals surface area contributed by atoms with Crippen molar-refractivity contribution in [1.29, 1.82) is 5.26 Å². The highest BCUT2D eigenvalue weighted by Gasteiger charge is 2.16. The number of hydrogen-bond donors (Lipinski definition) is 1. The van der Waals surface area contributed by atoms with Gasteiger partial charge in [0.25, 0.3) is 0 Å². The first kappa shape index (κ1) is 14.8. The van der Waals surface area contributed by atoms with Crippen LogP contribution in [0.4, 0.5) is 5.69 Å². The number of rotatable bonds is 4. The third-order valence-corrected chi connectivity index (χ3v) is 3.20. The maximum atomic E-state index is 12.2. The van der Waals surface area contributed by atoms with Crippen molar-refractivity contribution >= 4 is 28.8 Å². The number of hydrazone groups is 1. The summed E-state index contributed by atoms with van der Waals surface area (Å²) in [5.41, 5.74) is 4.44. The summed E-state index contributed by atoms with van der Waals surface area (Å²) in [6.45, 7) is 1.90. The molecule has 2 aromatic rings. The van der Waals surface area contributed by atoms with Gasteiger partial charge in [-0.25, -0.2) is 0 Å². The zero-order valence-electron chi connectivity index (χ0n) is 11.3. The van der Waals surface area contributed by atoms with Crippen LogP contribution in [0, 0.1) is 18.3 Å². The highest BCUT2D eigenvalue weighted by Crippen LogP contribution is 2.17. The minimum Gasteiger partial charge on any atom is -0.286 e. The Kier molecular flexibility index (Phi) is 4.70. The monoisotopic (exact) mass is 297 g/mol. The van der Waals surface area contributed by atoms with Gasteiger partial charge in [0.2, 0.25) is 11.5 Å². The third-order valence-electron chi connectivity index (χ3n) is 2.87. The summed E-state index contributed by atoms with van der Waals surface area (Å²) < 4.78 is 0. The van der Waals surface area contributed by atoms with E-state index in [1.54, 1.807) is 30.3 Å². The second-order valence-corrected chi connectivity index (χ2v) is 4.72. The fourth-order valence-electron chi connectivity index (χ4n) is 1.71. The normalized spacial score (nSPS) is 10.8. The molecule has 0 saturated carbocycles. The molecule has 4 nitrogen and oxygen atoms in total. The van der Waals surface area contributed by atoms with Gasteiger partial charge in [0.1, 0.15) is 6.07 Å². The topological polar surface area (TPSA) is 65.2 Å². The molecule has 2 aromatic carbocycles. The van der Waals surface area contributed by atoms with Crippen LogP contribution >= 0.6 is 11.6 Å². The lowest BCUT2D eigenvalue weighted by atomic mass is 10.1. The highest BCUT2D eigenvalue weighted by atomic mass is 35.5. The molecule has 0 bridgehead atoms. The Bertz CT molecular complexity index is 747. The van der Waals surface area contributed by atoms with Crippen LogP contribution in [0.2, 0.25) is 5.02 Å². The van der Waals surface area contributed by atoms with Gasteiger partial charge in [0.05, 0.1) is 10.7 Å². The second kappa shape index (κ2) is 6.69. The van der Waals surface area contributed by atoms with Crippen LogP contribution in [0.15, 0.2) is 53.6 Å². The number of ketones is 1. The Morgan fingerprint density at radius 2 is 1.86 bits per heavy atom. The van der Waals surface area contributed by atoms with Crippen molar-refractivity contribution < 1.29 is 4.79 Å². The molecule has 0 spiro atoms. The van der Waals surface area contributed by atoms with E-state index in [0.717, 1.165) is 11.3 Å². The maximum Gasteiger partial charge on any atom is 0.225 e. The van der Waals surface area contributed by atoms with Gasteiger partial charge in [-0.15, -0.1) is 0 Å². The number of nitriles is 1. The van der Waals surface area contributed by atoms with Crippen LogP contribution in [0.5, 0.6) is 0 Å².